The summed E-state index contributed by atoms with van der Waals surface area (Å²) >= 11 is 0. The monoisotopic (exact) mass is 176 g/mol. The fourth-order valence-corrected chi connectivity index (χ4v) is 1.43. The van der Waals surface area contributed by atoms with Crippen LogP contribution in [0.1, 0.15) is 41.8 Å². The molecule has 0 spiro atoms. The predicted octanol–water partition coefficient (Wildman–Crippen LogP) is 3.15. The lowest BCUT2D eigenvalue weighted by atomic mass is 10.00. The molecule has 0 aliphatic carbocycles. The highest BCUT2D eigenvalue weighted by atomic mass is 16.1. The Morgan fingerprint density at radius 1 is 1.38 bits per heavy atom. The maximum absolute atomic E-state index is 11.1. The number of hydrogen-bond donors (Lipinski definition) is 0. The van der Waals surface area contributed by atoms with Gasteiger partial charge in [0, 0.05) is 5.56 Å². The van der Waals surface area contributed by atoms with Crippen LogP contribution in [0.4, 0.5) is 0 Å². The molecule has 0 heterocycles. The highest BCUT2D eigenvalue weighted by Crippen LogP contribution is 2.13. The van der Waals surface area contributed by atoms with E-state index in [1.165, 1.54) is 11.1 Å². The molecule has 0 radical (unpaired) electrons. The fraction of sp³-hybridized carbons (Fsp3) is 0.417. The number of aryl methyl sites for hydroxylation is 2. The zero-order valence-electron chi connectivity index (χ0n) is 8.55. The molecule has 1 aromatic rings. The molecule has 0 N–H and O–H groups in total. The van der Waals surface area contributed by atoms with Gasteiger partial charge in [-0.3, -0.25) is 4.79 Å². The molecular formula is C12H16O. The molecule has 13 heavy (non-hydrogen) atoms. The van der Waals surface area contributed by atoms with E-state index in [2.05, 4.69) is 13.8 Å². The van der Waals surface area contributed by atoms with Gasteiger partial charge in [-0.25, -0.2) is 0 Å². The molecule has 0 bridgehead atoms. The quantitative estimate of drug-likeness (QED) is 0.646. The first kappa shape index (κ1) is 9.97. The minimum absolute atomic E-state index is 0.150. The second-order valence-corrected chi connectivity index (χ2v) is 3.45. The lowest BCUT2D eigenvalue weighted by Crippen LogP contribution is -1.96. The van der Waals surface area contributed by atoms with Crippen molar-refractivity contribution in [2.75, 3.05) is 0 Å². The maximum Gasteiger partial charge on any atom is 0.159 e. The van der Waals surface area contributed by atoms with Crippen molar-refractivity contribution in [3.8, 4) is 0 Å². The van der Waals surface area contributed by atoms with Gasteiger partial charge in [0.2, 0.25) is 0 Å². The minimum atomic E-state index is 0.150. The summed E-state index contributed by atoms with van der Waals surface area (Å²) in [4.78, 5) is 11.1. The van der Waals surface area contributed by atoms with E-state index in [1.54, 1.807) is 6.92 Å². The SMILES string of the molecule is CCCc1cc(C(C)=O)ccc1C. The van der Waals surface area contributed by atoms with Crippen molar-refractivity contribution in [1.82, 2.24) is 0 Å². The molecule has 1 nitrogen and oxygen atoms in total. The average molecular weight is 176 g/mol. The molecule has 0 atom stereocenters. The van der Waals surface area contributed by atoms with Crippen molar-refractivity contribution in [1.29, 1.82) is 0 Å². The van der Waals surface area contributed by atoms with Gasteiger partial charge in [0.05, 0.1) is 0 Å². The van der Waals surface area contributed by atoms with Gasteiger partial charge < -0.3 is 0 Å². The molecule has 70 valence electrons. The number of carbonyl (C=O) groups excluding carboxylic acids is 1. The summed E-state index contributed by atoms with van der Waals surface area (Å²) < 4.78 is 0. The van der Waals surface area contributed by atoms with Gasteiger partial charge in [0.15, 0.2) is 5.78 Å². The first-order valence-corrected chi connectivity index (χ1v) is 4.75. The molecule has 0 saturated carbocycles. The second kappa shape index (κ2) is 4.22. The summed E-state index contributed by atoms with van der Waals surface area (Å²) in [6, 6.07) is 5.94. The minimum Gasteiger partial charge on any atom is -0.295 e. The van der Waals surface area contributed by atoms with Crippen molar-refractivity contribution in [2.45, 2.75) is 33.6 Å². The summed E-state index contributed by atoms with van der Waals surface area (Å²) in [6.07, 6.45) is 2.19. The van der Waals surface area contributed by atoms with Gasteiger partial charge in [-0.05, 0) is 37.5 Å². The van der Waals surface area contributed by atoms with Crippen LogP contribution in [-0.4, -0.2) is 5.78 Å². The summed E-state index contributed by atoms with van der Waals surface area (Å²) in [6.45, 7) is 5.86. The van der Waals surface area contributed by atoms with Gasteiger partial charge in [0.25, 0.3) is 0 Å². The number of benzene rings is 1. The van der Waals surface area contributed by atoms with Crippen LogP contribution in [0.2, 0.25) is 0 Å². The van der Waals surface area contributed by atoms with Crippen molar-refractivity contribution in [3.05, 3.63) is 34.9 Å². The van der Waals surface area contributed by atoms with Crippen LogP contribution in [0.3, 0.4) is 0 Å². The number of Topliss-reactive ketones (excluding diaryl/α,β-unsaturated/α-hetero) is 1. The lowest BCUT2D eigenvalue weighted by molar-refractivity contribution is 0.101. The van der Waals surface area contributed by atoms with E-state index < -0.39 is 0 Å². The molecule has 0 aliphatic rings. The lowest BCUT2D eigenvalue weighted by Gasteiger charge is -2.05. The Hall–Kier alpha value is -1.11. The van der Waals surface area contributed by atoms with Gasteiger partial charge in [-0.2, -0.15) is 0 Å². The van der Waals surface area contributed by atoms with E-state index in [0.717, 1.165) is 18.4 Å². The third-order valence-corrected chi connectivity index (χ3v) is 2.27. The Kier molecular flexibility index (Phi) is 3.24. The Morgan fingerprint density at radius 2 is 2.08 bits per heavy atom. The number of hydrogen-bond acceptors (Lipinski definition) is 1. The summed E-state index contributed by atoms with van der Waals surface area (Å²) in [7, 11) is 0. The average Bonchev–Trinajstić information content (AvgIpc) is 2.08. The van der Waals surface area contributed by atoms with Crippen LogP contribution < -0.4 is 0 Å². The predicted molar refractivity (Wildman–Crippen MR) is 55.2 cm³/mol. The molecule has 0 amide bonds. The zero-order chi connectivity index (χ0) is 9.84. The van der Waals surface area contributed by atoms with Crippen molar-refractivity contribution in [2.24, 2.45) is 0 Å². The number of carbonyl (C=O) groups is 1. The molecule has 0 fully saturated rings. The third-order valence-electron chi connectivity index (χ3n) is 2.27. The highest BCUT2D eigenvalue weighted by molar-refractivity contribution is 5.94. The summed E-state index contributed by atoms with van der Waals surface area (Å²) in [5.74, 6) is 0.150. The molecule has 1 heteroatoms. The van der Waals surface area contributed by atoms with Gasteiger partial charge in [0.1, 0.15) is 0 Å². The smallest absolute Gasteiger partial charge is 0.159 e. The Bertz CT molecular complexity index is 313. The Balaban J connectivity index is 3.03. The van der Waals surface area contributed by atoms with Crippen LogP contribution in [0.15, 0.2) is 18.2 Å². The van der Waals surface area contributed by atoms with Gasteiger partial charge >= 0.3 is 0 Å². The third kappa shape index (κ3) is 2.41. The van der Waals surface area contributed by atoms with Crippen molar-refractivity contribution < 1.29 is 4.79 Å². The first-order chi connectivity index (χ1) is 6.15. The Morgan fingerprint density at radius 3 is 2.62 bits per heavy atom. The molecule has 0 saturated heterocycles. The maximum atomic E-state index is 11.1. The van der Waals surface area contributed by atoms with Crippen LogP contribution in [0, 0.1) is 6.92 Å². The van der Waals surface area contributed by atoms with E-state index >= 15 is 0 Å². The van der Waals surface area contributed by atoms with E-state index in [0.29, 0.717) is 0 Å². The molecule has 0 unspecified atom stereocenters. The molecule has 1 rings (SSSR count). The summed E-state index contributed by atoms with van der Waals surface area (Å²) in [5, 5.41) is 0. The van der Waals surface area contributed by atoms with E-state index in [4.69, 9.17) is 0 Å². The van der Waals surface area contributed by atoms with Crippen molar-refractivity contribution in [3.63, 3.8) is 0 Å². The zero-order valence-corrected chi connectivity index (χ0v) is 8.55. The molecule has 0 aliphatic heterocycles. The largest absolute Gasteiger partial charge is 0.295 e. The number of rotatable bonds is 3. The highest BCUT2D eigenvalue weighted by Gasteiger charge is 2.02. The van der Waals surface area contributed by atoms with Crippen LogP contribution in [0.5, 0.6) is 0 Å². The standard InChI is InChI=1S/C12H16O/c1-4-5-11-8-12(10(3)13)7-6-9(11)2/h6-8H,4-5H2,1-3H3. The molecule has 1 aromatic carbocycles. The van der Waals surface area contributed by atoms with Crippen LogP contribution >= 0.6 is 0 Å². The topological polar surface area (TPSA) is 17.1 Å². The van der Waals surface area contributed by atoms with E-state index in [-0.39, 0.29) is 5.78 Å². The van der Waals surface area contributed by atoms with Crippen molar-refractivity contribution >= 4 is 5.78 Å². The van der Waals surface area contributed by atoms with Gasteiger partial charge in [-0.1, -0.05) is 25.5 Å². The number of ketones is 1. The first-order valence-electron chi connectivity index (χ1n) is 4.75. The van der Waals surface area contributed by atoms with E-state index in [1.807, 2.05) is 18.2 Å². The van der Waals surface area contributed by atoms with Gasteiger partial charge in [-0.15, -0.1) is 0 Å². The van der Waals surface area contributed by atoms with Crippen LogP contribution in [0.25, 0.3) is 0 Å². The molecular weight excluding hydrogens is 160 g/mol. The van der Waals surface area contributed by atoms with Crippen LogP contribution in [-0.2, 0) is 6.42 Å². The summed E-state index contributed by atoms with van der Waals surface area (Å²) in [5.41, 5.74) is 3.41. The van der Waals surface area contributed by atoms with E-state index in [9.17, 15) is 4.79 Å². The molecule has 0 aromatic heterocycles. The normalized spacial score (nSPS) is 10.1. The Labute approximate surface area is 79.8 Å². The fourth-order valence-electron chi connectivity index (χ4n) is 1.43. The second-order valence-electron chi connectivity index (χ2n) is 3.45.